The molecule has 0 radical (unpaired) electrons. The summed E-state index contributed by atoms with van der Waals surface area (Å²) in [7, 11) is 0. The smallest absolute Gasteiger partial charge is 0.262 e. The highest BCUT2D eigenvalue weighted by molar-refractivity contribution is 5.94. The van der Waals surface area contributed by atoms with Gasteiger partial charge in [0, 0.05) is 17.3 Å². The first-order chi connectivity index (χ1) is 10.7. The van der Waals surface area contributed by atoms with E-state index in [0.29, 0.717) is 11.4 Å². The van der Waals surface area contributed by atoms with Crippen molar-refractivity contribution in [3.05, 3.63) is 66.6 Å². The summed E-state index contributed by atoms with van der Waals surface area (Å²) in [5, 5.41) is 3.74. The zero-order valence-electron chi connectivity index (χ0n) is 11.6. The second-order valence-corrected chi connectivity index (χ2v) is 4.70. The Kier molecular flexibility index (Phi) is 3.96. The number of rotatable bonds is 4. The number of nitrogens with zero attached hydrogens (tertiary/aromatic N) is 1. The Morgan fingerprint density at radius 3 is 2.77 bits per heavy atom. The molecule has 1 aromatic heterocycles. The third kappa shape index (κ3) is 3.38. The van der Waals surface area contributed by atoms with Crippen molar-refractivity contribution in [1.29, 1.82) is 0 Å². The lowest BCUT2D eigenvalue weighted by Gasteiger charge is -2.08. The van der Waals surface area contributed by atoms with Crippen LogP contribution in [-0.2, 0) is 4.79 Å². The number of hydrogen-bond donors (Lipinski definition) is 1. The summed E-state index contributed by atoms with van der Waals surface area (Å²) in [5.41, 5.74) is 1.46. The molecule has 4 nitrogen and oxygen atoms in total. The Balaban J connectivity index is 1.61. The quantitative estimate of drug-likeness (QED) is 0.803. The van der Waals surface area contributed by atoms with Gasteiger partial charge in [-0.25, -0.2) is 4.39 Å². The zero-order valence-corrected chi connectivity index (χ0v) is 11.6. The standard InChI is InChI=1S/C17H13FN2O2/c18-13-4-7-15(8-5-13)22-11-17(21)20-14-6-3-12-2-1-9-19-16(12)10-14/h1-10H,11H2,(H,20,21). The number of aromatic nitrogens is 1. The van der Waals surface area contributed by atoms with Gasteiger partial charge in [-0.15, -0.1) is 0 Å². The van der Waals surface area contributed by atoms with Gasteiger partial charge in [-0.2, -0.15) is 0 Å². The molecule has 0 atom stereocenters. The van der Waals surface area contributed by atoms with E-state index in [9.17, 15) is 9.18 Å². The van der Waals surface area contributed by atoms with Gasteiger partial charge in [-0.1, -0.05) is 12.1 Å². The highest BCUT2D eigenvalue weighted by atomic mass is 19.1. The molecule has 0 aliphatic rings. The van der Waals surface area contributed by atoms with E-state index in [-0.39, 0.29) is 18.3 Å². The number of ether oxygens (including phenoxy) is 1. The van der Waals surface area contributed by atoms with Crippen LogP contribution in [0, 0.1) is 5.82 Å². The van der Waals surface area contributed by atoms with Gasteiger partial charge in [0.25, 0.3) is 5.91 Å². The summed E-state index contributed by atoms with van der Waals surface area (Å²) < 4.78 is 18.0. The predicted molar refractivity (Wildman–Crippen MR) is 82.3 cm³/mol. The molecule has 5 heteroatoms. The molecule has 110 valence electrons. The van der Waals surface area contributed by atoms with Crippen LogP contribution in [0.25, 0.3) is 10.9 Å². The minimum Gasteiger partial charge on any atom is -0.484 e. The van der Waals surface area contributed by atoms with E-state index >= 15 is 0 Å². The first-order valence-corrected chi connectivity index (χ1v) is 6.74. The van der Waals surface area contributed by atoms with Crippen LogP contribution in [0.3, 0.4) is 0 Å². The van der Waals surface area contributed by atoms with Crippen molar-refractivity contribution in [3.8, 4) is 5.75 Å². The molecule has 0 saturated heterocycles. The van der Waals surface area contributed by atoms with Gasteiger partial charge in [0.15, 0.2) is 6.61 Å². The normalized spacial score (nSPS) is 10.4. The molecule has 1 amide bonds. The summed E-state index contributed by atoms with van der Waals surface area (Å²) in [4.78, 5) is 16.1. The number of carbonyl (C=O) groups is 1. The van der Waals surface area contributed by atoms with E-state index in [0.717, 1.165) is 10.9 Å². The molecule has 0 unspecified atom stereocenters. The van der Waals surface area contributed by atoms with E-state index in [1.54, 1.807) is 18.3 Å². The van der Waals surface area contributed by atoms with Gasteiger partial charge in [0.2, 0.25) is 0 Å². The molecule has 0 aliphatic carbocycles. The van der Waals surface area contributed by atoms with Crippen LogP contribution in [0.2, 0.25) is 0 Å². The highest BCUT2D eigenvalue weighted by Crippen LogP contribution is 2.17. The van der Waals surface area contributed by atoms with Crippen LogP contribution in [-0.4, -0.2) is 17.5 Å². The molecular weight excluding hydrogens is 283 g/mol. The number of hydrogen-bond acceptors (Lipinski definition) is 3. The summed E-state index contributed by atoms with van der Waals surface area (Å²) in [6, 6.07) is 14.8. The van der Waals surface area contributed by atoms with Crippen molar-refractivity contribution in [2.45, 2.75) is 0 Å². The summed E-state index contributed by atoms with van der Waals surface area (Å²) in [5.74, 6) is -0.197. The molecule has 3 aromatic rings. The van der Waals surface area contributed by atoms with E-state index < -0.39 is 0 Å². The predicted octanol–water partition coefficient (Wildman–Crippen LogP) is 3.39. The van der Waals surface area contributed by atoms with Crippen LogP contribution in [0.1, 0.15) is 0 Å². The molecule has 0 spiro atoms. The summed E-state index contributed by atoms with van der Waals surface area (Å²) >= 11 is 0. The maximum absolute atomic E-state index is 12.8. The fourth-order valence-electron chi connectivity index (χ4n) is 2.02. The van der Waals surface area contributed by atoms with Gasteiger partial charge in [-0.05, 0) is 42.5 Å². The highest BCUT2D eigenvalue weighted by Gasteiger charge is 2.05. The van der Waals surface area contributed by atoms with E-state index in [2.05, 4.69) is 10.3 Å². The topological polar surface area (TPSA) is 51.2 Å². The largest absolute Gasteiger partial charge is 0.484 e. The molecule has 2 aromatic carbocycles. The number of carbonyl (C=O) groups excluding carboxylic acids is 1. The van der Waals surface area contributed by atoms with Gasteiger partial charge >= 0.3 is 0 Å². The molecule has 0 saturated carbocycles. The average Bonchev–Trinajstić information content (AvgIpc) is 2.54. The van der Waals surface area contributed by atoms with E-state index in [4.69, 9.17) is 4.74 Å². The number of benzene rings is 2. The fourth-order valence-corrected chi connectivity index (χ4v) is 2.02. The van der Waals surface area contributed by atoms with Crippen molar-refractivity contribution in [3.63, 3.8) is 0 Å². The lowest BCUT2D eigenvalue weighted by Crippen LogP contribution is -2.20. The Labute approximate surface area is 126 Å². The first kappa shape index (κ1) is 14.0. The second kappa shape index (κ2) is 6.22. The van der Waals surface area contributed by atoms with Gasteiger partial charge in [0.05, 0.1) is 5.52 Å². The van der Waals surface area contributed by atoms with Crippen molar-refractivity contribution in [2.24, 2.45) is 0 Å². The molecule has 3 rings (SSSR count). The van der Waals surface area contributed by atoms with Crippen LogP contribution in [0.15, 0.2) is 60.8 Å². The van der Waals surface area contributed by atoms with Crippen LogP contribution >= 0.6 is 0 Å². The first-order valence-electron chi connectivity index (χ1n) is 6.74. The van der Waals surface area contributed by atoms with Crippen molar-refractivity contribution in [2.75, 3.05) is 11.9 Å². The van der Waals surface area contributed by atoms with Crippen molar-refractivity contribution in [1.82, 2.24) is 4.98 Å². The van der Waals surface area contributed by atoms with Crippen molar-refractivity contribution >= 4 is 22.5 Å². The maximum atomic E-state index is 12.8. The molecule has 22 heavy (non-hydrogen) atoms. The fraction of sp³-hybridized carbons (Fsp3) is 0.0588. The van der Waals surface area contributed by atoms with Crippen LogP contribution < -0.4 is 10.1 Å². The zero-order chi connectivity index (χ0) is 15.4. The Morgan fingerprint density at radius 1 is 1.14 bits per heavy atom. The van der Waals surface area contributed by atoms with Crippen LogP contribution in [0.4, 0.5) is 10.1 Å². The summed E-state index contributed by atoms with van der Waals surface area (Å²) in [6.45, 7) is -0.147. The Morgan fingerprint density at radius 2 is 1.95 bits per heavy atom. The number of halogens is 1. The number of amides is 1. The molecule has 0 aliphatic heterocycles. The monoisotopic (exact) mass is 296 g/mol. The number of nitrogens with one attached hydrogen (secondary N) is 1. The minimum atomic E-state index is -0.347. The van der Waals surface area contributed by atoms with Gasteiger partial charge in [0.1, 0.15) is 11.6 Å². The van der Waals surface area contributed by atoms with E-state index in [1.807, 2.05) is 18.2 Å². The minimum absolute atomic E-state index is 0.147. The lowest BCUT2D eigenvalue weighted by atomic mass is 10.2. The third-order valence-electron chi connectivity index (χ3n) is 3.07. The number of pyridine rings is 1. The molecule has 1 N–H and O–H groups in total. The Hall–Kier alpha value is -2.95. The SMILES string of the molecule is O=C(COc1ccc(F)cc1)Nc1ccc2cccnc2c1. The summed E-state index contributed by atoms with van der Waals surface area (Å²) in [6.07, 6.45) is 1.70. The lowest BCUT2D eigenvalue weighted by molar-refractivity contribution is -0.118. The Bertz CT molecular complexity index is 803. The molecular formula is C17H13FN2O2. The number of fused-ring (bicyclic) bond motifs is 1. The number of anilines is 1. The van der Waals surface area contributed by atoms with Crippen LogP contribution in [0.5, 0.6) is 5.75 Å². The molecule has 1 heterocycles. The van der Waals surface area contributed by atoms with Gasteiger partial charge in [-0.3, -0.25) is 9.78 Å². The van der Waals surface area contributed by atoms with Crippen molar-refractivity contribution < 1.29 is 13.9 Å². The van der Waals surface area contributed by atoms with E-state index in [1.165, 1.54) is 24.3 Å². The van der Waals surface area contributed by atoms with Gasteiger partial charge < -0.3 is 10.1 Å². The molecule has 0 bridgehead atoms. The second-order valence-electron chi connectivity index (χ2n) is 4.70. The average molecular weight is 296 g/mol. The maximum Gasteiger partial charge on any atom is 0.262 e. The third-order valence-corrected chi connectivity index (χ3v) is 3.07. The molecule has 0 fully saturated rings.